The number of benzene rings is 6. The van der Waals surface area contributed by atoms with E-state index in [1.54, 1.807) is 54.5 Å². The lowest BCUT2D eigenvalue weighted by molar-refractivity contribution is -0.394. The first-order valence-corrected chi connectivity index (χ1v) is 30.0. The van der Waals surface area contributed by atoms with Gasteiger partial charge in [0.1, 0.15) is 10.5 Å². The molecule has 0 amide bonds. The number of nitrogens with zero attached hydrogens (tertiary/aromatic N) is 13. The molecule has 0 atom stereocenters. The highest BCUT2D eigenvalue weighted by Gasteiger charge is 2.18. The van der Waals surface area contributed by atoms with Gasteiger partial charge in [-0.25, -0.2) is 39.9 Å². The van der Waals surface area contributed by atoms with Crippen LogP contribution in [0.2, 0.25) is 29.9 Å². The Morgan fingerprint density at radius 2 is 1.00 bits per heavy atom. The Balaban J connectivity index is 0.000000178. The summed E-state index contributed by atoms with van der Waals surface area (Å²) in [6, 6.07) is 41.1. The maximum absolute atomic E-state index is 10.3. The molecule has 7 heterocycles. The van der Waals surface area contributed by atoms with Crippen LogP contribution in [0.1, 0.15) is 0 Å². The number of para-hydroxylation sites is 6. The molecule has 0 saturated carbocycles. The summed E-state index contributed by atoms with van der Waals surface area (Å²) in [5.41, 5.74) is 4.05. The van der Waals surface area contributed by atoms with Crippen LogP contribution in [0, 0.1) is 40.5 Å². The van der Waals surface area contributed by atoms with Crippen LogP contribution in [0.25, 0.3) is 42.6 Å². The van der Waals surface area contributed by atoms with E-state index in [1.807, 2.05) is 96.4 Å². The SMILES string of the molecule is Brc1nc2ccccc2s1.Brc1ncccn1.Clc1nc2ccccc2[nH]1.Clc1nc2ccccc2o1.Clc1nc2ccccc2s1.Clc1ncccn1.Clc1nccs1.O=[N+]([O-])c1ccc(Br)c([N+](=O)[O-])c1.O=[N+]([O-])c1ccc(Cl)c([N+](=O)[O-])c1. The molecule has 0 fully saturated rings. The molecule has 0 aliphatic rings. The Bertz CT molecular complexity index is 3750. The Morgan fingerprint density at radius 1 is 0.477 bits per heavy atom. The van der Waals surface area contributed by atoms with Gasteiger partial charge in [0, 0.05) is 48.5 Å². The summed E-state index contributed by atoms with van der Waals surface area (Å²) >= 11 is 46.9. The predicted octanol–water partition coefficient (Wildman–Crippen LogP) is 19.3. The second kappa shape index (κ2) is 36.6. The fourth-order valence-electron chi connectivity index (χ4n) is 5.73. The van der Waals surface area contributed by atoms with E-state index in [0.29, 0.717) is 24.2 Å². The van der Waals surface area contributed by atoms with Crippen molar-refractivity contribution in [2.24, 2.45) is 0 Å². The molecule has 13 rings (SSSR count). The quantitative estimate of drug-likeness (QED) is 0.0972. The van der Waals surface area contributed by atoms with Crippen molar-refractivity contribution in [2.75, 3.05) is 0 Å². The average Bonchev–Trinajstić information content (AvgIpc) is 4.20. The average molecular weight is 1530 g/mol. The summed E-state index contributed by atoms with van der Waals surface area (Å²) in [5, 5.41) is 43.8. The molecule has 440 valence electrons. The van der Waals surface area contributed by atoms with Crippen molar-refractivity contribution in [1.29, 1.82) is 0 Å². The van der Waals surface area contributed by atoms with Gasteiger partial charge in [-0.05, 0) is 155 Å². The second-order valence-corrected chi connectivity index (χ2v) is 23.4. The lowest BCUT2D eigenvalue weighted by atomic mass is 10.3. The molecule has 35 heteroatoms. The first kappa shape index (κ1) is 69.4. The van der Waals surface area contributed by atoms with Crippen LogP contribution in [-0.2, 0) is 0 Å². The van der Waals surface area contributed by atoms with E-state index in [4.69, 9.17) is 74.0 Å². The lowest BCUT2D eigenvalue weighted by Gasteiger charge is -1.94. The van der Waals surface area contributed by atoms with Gasteiger partial charge in [0.05, 0.1) is 67.8 Å². The normalized spacial score (nSPS) is 9.83. The number of rotatable bonds is 4. The summed E-state index contributed by atoms with van der Waals surface area (Å²) in [7, 11) is 0. The molecule has 0 spiro atoms. The number of thiazole rings is 3. The number of non-ortho nitro benzene ring substituents is 2. The van der Waals surface area contributed by atoms with Crippen LogP contribution < -0.4 is 0 Å². The van der Waals surface area contributed by atoms with Crippen LogP contribution >= 0.6 is 151 Å². The Labute approximate surface area is 551 Å². The van der Waals surface area contributed by atoms with Crippen molar-refractivity contribution in [2.45, 2.75) is 0 Å². The number of nitrogens with one attached hydrogen (secondary N) is 1. The van der Waals surface area contributed by atoms with Gasteiger partial charge in [0.15, 0.2) is 23.2 Å². The van der Waals surface area contributed by atoms with E-state index in [-0.39, 0.29) is 31.9 Å². The number of H-pyrrole nitrogens is 1. The van der Waals surface area contributed by atoms with Crippen LogP contribution in [-0.4, -0.2) is 69.5 Å². The molecule has 0 unspecified atom stereocenters. The van der Waals surface area contributed by atoms with Gasteiger partial charge in [-0.2, -0.15) is 4.98 Å². The highest BCUT2D eigenvalue weighted by molar-refractivity contribution is 9.11. The molecule has 0 aliphatic heterocycles. The Morgan fingerprint density at radius 3 is 1.48 bits per heavy atom. The second-order valence-electron chi connectivity index (χ2n) is 15.0. The number of nitro groups is 4. The summed E-state index contributed by atoms with van der Waals surface area (Å²) in [6.45, 7) is 0. The zero-order valence-electron chi connectivity index (χ0n) is 42.4. The van der Waals surface area contributed by atoms with Gasteiger partial charge < -0.3 is 9.40 Å². The fourth-order valence-corrected chi connectivity index (χ4v) is 10.0. The van der Waals surface area contributed by atoms with Crippen LogP contribution in [0.4, 0.5) is 22.7 Å². The van der Waals surface area contributed by atoms with Crippen LogP contribution in [0.3, 0.4) is 0 Å². The maximum Gasteiger partial charge on any atom is 0.294 e. The van der Waals surface area contributed by atoms with Gasteiger partial charge in [-0.15, -0.1) is 34.0 Å². The number of hydrogen-bond acceptors (Lipinski definition) is 21. The lowest BCUT2D eigenvalue weighted by Crippen LogP contribution is -1.92. The van der Waals surface area contributed by atoms with Crippen LogP contribution in [0.5, 0.6) is 0 Å². The van der Waals surface area contributed by atoms with E-state index in [0.717, 1.165) is 66.0 Å². The molecular weight excluding hydrogens is 1500 g/mol. The van der Waals surface area contributed by atoms with Crippen molar-refractivity contribution in [3.63, 3.8) is 0 Å². The fraction of sp³-hybridized carbons (Fsp3) is 0. The van der Waals surface area contributed by atoms with E-state index in [9.17, 15) is 40.5 Å². The summed E-state index contributed by atoms with van der Waals surface area (Å²) in [4.78, 5) is 76.0. The predicted molar refractivity (Wildman–Crippen MR) is 348 cm³/mol. The minimum Gasteiger partial charge on any atom is -0.428 e. The van der Waals surface area contributed by atoms with Crippen molar-refractivity contribution < 1.29 is 24.1 Å². The minimum absolute atomic E-state index is 0.115. The number of halogens is 9. The molecule has 23 nitrogen and oxygen atoms in total. The minimum atomic E-state index is -0.769. The maximum atomic E-state index is 10.3. The first-order chi connectivity index (χ1) is 41.2. The standard InChI is InChI=1S/C7H4BrNS.C7H5ClN2.C7H4ClNO.C7H4ClNS.C6H3BrN2O4.C6H3ClN2O4.C4H3BrN2.C4H3ClN2.C3H2ClNS/c4*8-7-9-5-3-1-2-4-6(5)10-7;2*7-5-2-1-4(8(10)11)3-6(5)9(12)13;2*5-4-6-2-1-3-7-4;4-3-5-1-2-6-3/h1-4H;1-4H,(H,9,10);2*1-4H;2*1-3H;2*1-3H;1-2H. The van der Waals surface area contributed by atoms with Crippen molar-refractivity contribution in [1.82, 2.24) is 49.8 Å². The third-order valence-electron chi connectivity index (χ3n) is 9.31. The smallest absolute Gasteiger partial charge is 0.294 e. The van der Waals surface area contributed by atoms with Crippen LogP contribution in [0.15, 0.2) is 199 Å². The number of aromatic amines is 1. The number of hydrogen-bond donors (Lipinski definition) is 1. The molecule has 0 radical (unpaired) electrons. The zero-order chi connectivity index (χ0) is 62.5. The molecule has 0 bridgehead atoms. The van der Waals surface area contributed by atoms with E-state index < -0.39 is 25.4 Å². The largest absolute Gasteiger partial charge is 0.428 e. The molecular formula is C51H31Br3Cl6N14O9S3. The van der Waals surface area contributed by atoms with Crippen molar-refractivity contribution in [3.8, 4) is 0 Å². The summed E-state index contributed by atoms with van der Waals surface area (Å²) < 4.78 is 10.4. The van der Waals surface area contributed by atoms with Gasteiger partial charge >= 0.3 is 0 Å². The number of aromatic nitrogens is 10. The summed E-state index contributed by atoms with van der Waals surface area (Å²) in [6.07, 6.45) is 8.21. The van der Waals surface area contributed by atoms with Gasteiger partial charge in [0.2, 0.25) is 10.6 Å². The van der Waals surface area contributed by atoms with E-state index >= 15 is 0 Å². The Hall–Kier alpha value is -7.39. The topological polar surface area (TPSA) is 317 Å². The van der Waals surface area contributed by atoms with Gasteiger partial charge in [-0.3, -0.25) is 40.5 Å². The molecule has 0 saturated heterocycles. The highest BCUT2D eigenvalue weighted by atomic mass is 79.9. The van der Waals surface area contributed by atoms with Gasteiger partial charge in [-0.1, -0.05) is 83.3 Å². The summed E-state index contributed by atoms with van der Waals surface area (Å²) in [5.74, 6) is 0. The van der Waals surface area contributed by atoms with Crippen molar-refractivity contribution in [3.05, 3.63) is 265 Å². The number of nitro benzene ring substituents is 4. The van der Waals surface area contributed by atoms with Crippen molar-refractivity contribution >= 4 is 217 Å². The number of fused-ring (bicyclic) bond motifs is 4. The van der Waals surface area contributed by atoms with E-state index in [1.165, 1.54) is 39.5 Å². The molecule has 7 aromatic heterocycles. The highest BCUT2D eigenvalue weighted by Crippen LogP contribution is 2.30. The Kier molecular flexibility index (Phi) is 29.5. The van der Waals surface area contributed by atoms with Gasteiger partial charge in [0.25, 0.3) is 28.1 Å². The molecule has 1 N–H and O–H groups in total. The third kappa shape index (κ3) is 24.5. The molecule has 0 aliphatic carbocycles. The zero-order valence-corrected chi connectivity index (χ0v) is 54.2. The first-order valence-electron chi connectivity index (χ1n) is 22.9. The number of oxazole rings is 1. The molecule has 6 aromatic carbocycles. The third-order valence-corrected chi connectivity index (χ3v) is 14.8. The molecule has 86 heavy (non-hydrogen) atoms. The monoisotopic (exact) mass is 1530 g/mol. The number of imidazole rings is 1. The van der Waals surface area contributed by atoms with E-state index in [2.05, 4.69) is 104 Å². The molecule has 13 aromatic rings.